The number of rotatable bonds is 2. The van der Waals surface area contributed by atoms with E-state index < -0.39 is 0 Å². The van der Waals surface area contributed by atoms with Crippen LogP contribution in [0.2, 0.25) is 0 Å². The molecule has 0 bridgehead atoms. The first kappa shape index (κ1) is 14.9. The smallest absolute Gasteiger partial charge is 0.119 e. The number of ether oxygens (including phenoxy) is 1. The third-order valence-electron chi connectivity index (χ3n) is 3.84. The summed E-state index contributed by atoms with van der Waals surface area (Å²) < 4.78 is 5.39. The SMILES string of the molecule is COc1ccc2c(c1)C(c1ccccc1)=NCC(Cl)CN2C. The zero-order chi connectivity index (χ0) is 15.5. The summed E-state index contributed by atoms with van der Waals surface area (Å²) in [6, 6.07) is 16.3. The molecule has 114 valence electrons. The fourth-order valence-corrected chi connectivity index (χ4v) is 3.01. The molecule has 0 saturated heterocycles. The molecule has 2 aromatic carbocycles. The second kappa shape index (κ2) is 6.41. The Hall–Kier alpha value is -2.00. The third-order valence-corrected chi connectivity index (χ3v) is 4.11. The lowest BCUT2D eigenvalue weighted by atomic mass is 9.98. The molecule has 0 radical (unpaired) electrons. The molecule has 2 aromatic rings. The van der Waals surface area contributed by atoms with Crippen molar-refractivity contribution in [3.8, 4) is 5.75 Å². The van der Waals surface area contributed by atoms with Crippen molar-refractivity contribution in [2.45, 2.75) is 5.38 Å². The normalized spacial score (nSPS) is 18.0. The molecule has 4 heteroatoms. The first-order valence-electron chi connectivity index (χ1n) is 7.32. The van der Waals surface area contributed by atoms with Gasteiger partial charge in [0.25, 0.3) is 0 Å². The molecule has 3 nitrogen and oxygen atoms in total. The zero-order valence-corrected chi connectivity index (χ0v) is 13.5. The van der Waals surface area contributed by atoms with Crippen LogP contribution in [0, 0.1) is 0 Å². The van der Waals surface area contributed by atoms with E-state index in [0.29, 0.717) is 6.54 Å². The Morgan fingerprint density at radius 3 is 2.68 bits per heavy atom. The highest BCUT2D eigenvalue weighted by molar-refractivity contribution is 6.22. The highest BCUT2D eigenvalue weighted by atomic mass is 35.5. The van der Waals surface area contributed by atoms with Crippen molar-refractivity contribution < 1.29 is 4.74 Å². The van der Waals surface area contributed by atoms with Crippen LogP contribution in [0.5, 0.6) is 5.75 Å². The average Bonchev–Trinajstić information content (AvgIpc) is 2.54. The van der Waals surface area contributed by atoms with Gasteiger partial charge in [0.15, 0.2) is 0 Å². The lowest BCUT2D eigenvalue weighted by Gasteiger charge is -2.28. The van der Waals surface area contributed by atoms with Crippen molar-refractivity contribution >= 4 is 23.0 Å². The average molecular weight is 315 g/mol. The van der Waals surface area contributed by atoms with Crippen LogP contribution in [0.3, 0.4) is 0 Å². The van der Waals surface area contributed by atoms with Gasteiger partial charge in [0, 0.05) is 30.4 Å². The summed E-state index contributed by atoms with van der Waals surface area (Å²) in [5, 5.41) is -0.000959. The topological polar surface area (TPSA) is 24.8 Å². The molecule has 0 aromatic heterocycles. The van der Waals surface area contributed by atoms with Crippen molar-refractivity contribution in [3.63, 3.8) is 0 Å². The number of aliphatic imine (C=N–C) groups is 1. The Bertz CT molecular complexity index is 685. The van der Waals surface area contributed by atoms with Crippen LogP contribution in [0.4, 0.5) is 5.69 Å². The molecular formula is C18H19ClN2O. The molecule has 1 unspecified atom stereocenters. The molecule has 22 heavy (non-hydrogen) atoms. The fraction of sp³-hybridized carbons (Fsp3) is 0.278. The van der Waals surface area contributed by atoms with Crippen LogP contribution >= 0.6 is 11.6 Å². The van der Waals surface area contributed by atoms with E-state index in [1.54, 1.807) is 7.11 Å². The van der Waals surface area contributed by atoms with Crippen LogP contribution in [-0.4, -0.2) is 38.3 Å². The number of hydrogen-bond donors (Lipinski definition) is 0. The summed E-state index contributed by atoms with van der Waals surface area (Å²) in [5.74, 6) is 0.832. The number of nitrogens with zero attached hydrogens (tertiary/aromatic N) is 2. The highest BCUT2D eigenvalue weighted by Gasteiger charge is 2.20. The van der Waals surface area contributed by atoms with Gasteiger partial charge in [-0.2, -0.15) is 0 Å². The Kier molecular flexibility index (Phi) is 4.34. The first-order chi connectivity index (χ1) is 10.7. The van der Waals surface area contributed by atoms with Gasteiger partial charge in [-0.1, -0.05) is 30.3 Å². The maximum Gasteiger partial charge on any atom is 0.119 e. The quantitative estimate of drug-likeness (QED) is 0.791. The number of fused-ring (bicyclic) bond motifs is 1. The molecule has 0 fully saturated rings. The third kappa shape index (κ3) is 2.95. The maximum absolute atomic E-state index is 6.39. The van der Waals surface area contributed by atoms with Crippen molar-refractivity contribution in [1.82, 2.24) is 0 Å². The molecule has 1 atom stereocenters. The minimum Gasteiger partial charge on any atom is -0.497 e. The van der Waals surface area contributed by atoms with Crippen molar-refractivity contribution in [2.75, 3.05) is 32.1 Å². The number of halogens is 1. The molecule has 3 rings (SSSR count). The lowest BCUT2D eigenvalue weighted by Crippen LogP contribution is -2.31. The van der Waals surface area contributed by atoms with Crippen LogP contribution in [0.1, 0.15) is 11.1 Å². The minimum absolute atomic E-state index is 0.000959. The molecule has 0 spiro atoms. The summed E-state index contributed by atoms with van der Waals surface area (Å²) in [6.45, 7) is 1.37. The van der Waals surface area contributed by atoms with E-state index in [4.69, 9.17) is 21.3 Å². The Morgan fingerprint density at radius 2 is 1.95 bits per heavy atom. The van der Waals surface area contributed by atoms with Crippen molar-refractivity contribution in [2.24, 2.45) is 4.99 Å². The summed E-state index contributed by atoms with van der Waals surface area (Å²) in [7, 11) is 3.75. The van der Waals surface area contributed by atoms with E-state index in [2.05, 4.69) is 30.1 Å². The maximum atomic E-state index is 6.39. The van der Waals surface area contributed by atoms with Crippen LogP contribution < -0.4 is 9.64 Å². The number of hydrogen-bond acceptors (Lipinski definition) is 3. The second-order valence-electron chi connectivity index (χ2n) is 5.42. The van der Waals surface area contributed by atoms with Crippen LogP contribution in [-0.2, 0) is 0 Å². The predicted octanol–water partition coefficient (Wildman–Crippen LogP) is 3.59. The Morgan fingerprint density at radius 1 is 1.18 bits per heavy atom. The highest BCUT2D eigenvalue weighted by Crippen LogP contribution is 2.29. The van der Waals surface area contributed by atoms with E-state index in [0.717, 1.165) is 34.8 Å². The molecule has 0 saturated carbocycles. The van der Waals surface area contributed by atoms with Crippen LogP contribution in [0.25, 0.3) is 0 Å². The molecular weight excluding hydrogens is 296 g/mol. The molecule has 1 aliphatic rings. The molecule has 0 amide bonds. The number of alkyl halides is 1. The van der Waals surface area contributed by atoms with Crippen LogP contribution in [0.15, 0.2) is 53.5 Å². The van der Waals surface area contributed by atoms with Gasteiger partial charge < -0.3 is 9.64 Å². The standard InChI is InChI=1S/C18H19ClN2O/c1-21-12-14(19)11-20-18(13-6-4-3-5-7-13)16-10-15(22-2)8-9-17(16)21/h3-10,14H,11-12H2,1-2H3. The Balaban J connectivity index is 2.18. The molecule has 1 aliphatic heterocycles. The lowest BCUT2D eigenvalue weighted by molar-refractivity contribution is 0.414. The second-order valence-corrected chi connectivity index (χ2v) is 6.03. The minimum atomic E-state index is -0.000959. The monoisotopic (exact) mass is 314 g/mol. The van der Waals surface area contributed by atoms with E-state index >= 15 is 0 Å². The summed E-state index contributed by atoms with van der Waals surface area (Å²) in [6.07, 6.45) is 0. The largest absolute Gasteiger partial charge is 0.497 e. The van der Waals surface area contributed by atoms with Gasteiger partial charge in [-0.3, -0.25) is 4.99 Å². The molecule has 0 N–H and O–H groups in total. The number of benzene rings is 2. The molecule has 0 aliphatic carbocycles. The van der Waals surface area contributed by atoms with Crippen molar-refractivity contribution in [3.05, 3.63) is 59.7 Å². The van der Waals surface area contributed by atoms with Gasteiger partial charge in [-0.05, 0) is 18.2 Å². The Labute approximate surface area is 136 Å². The number of methoxy groups -OCH3 is 1. The van der Waals surface area contributed by atoms with Gasteiger partial charge in [0.1, 0.15) is 5.75 Å². The van der Waals surface area contributed by atoms with Gasteiger partial charge in [-0.15, -0.1) is 11.6 Å². The fourth-order valence-electron chi connectivity index (χ4n) is 2.74. The van der Waals surface area contributed by atoms with Gasteiger partial charge in [-0.25, -0.2) is 0 Å². The zero-order valence-electron chi connectivity index (χ0n) is 12.8. The van der Waals surface area contributed by atoms with Crippen molar-refractivity contribution in [1.29, 1.82) is 0 Å². The summed E-state index contributed by atoms with van der Waals surface area (Å²) in [5.41, 5.74) is 4.26. The van der Waals surface area contributed by atoms with E-state index in [1.807, 2.05) is 30.3 Å². The van der Waals surface area contributed by atoms with Gasteiger partial charge >= 0.3 is 0 Å². The van der Waals surface area contributed by atoms with Gasteiger partial charge in [0.05, 0.1) is 24.7 Å². The number of anilines is 1. The van der Waals surface area contributed by atoms with E-state index in [9.17, 15) is 0 Å². The van der Waals surface area contributed by atoms with Gasteiger partial charge in [0.2, 0.25) is 0 Å². The van der Waals surface area contributed by atoms with E-state index in [-0.39, 0.29) is 5.38 Å². The summed E-state index contributed by atoms with van der Waals surface area (Å²) >= 11 is 6.39. The summed E-state index contributed by atoms with van der Waals surface area (Å²) in [4.78, 5) is 6.97. The predicted molar refractivity (Wildman–Crippen MR) is 92.9 cm³/mol. The first-order valence-corrected chi connectivity index (χ1v) is 7.76. The molecule has 1 heterocycles. The van der Waals surface area contributed by atoms with E-state index in [1.165, 1.54) is 0 Å².